The Morgan fingerprint density at radius 2 is 1.61 bits per heavy atom. The summed E-state index contributed by atoms with van der Waals surface area (Å²) in [6.45, 7) is 0.721. The molecular formula is C24H24Cl2N2O3S2. The van der Waals surface area contributed by atoms with Crippen LogP contribution in [0.5, 0.6) is 0 Å². The smallest absolute Gasteiger partial charge is 0.251 e. The Bertz CT molecular complexity index is 1190. The van der Waals surface area contributed by atoms with Crippen LogP contribution in [-0.4, -0.2) is 32.9 Å². The highest BCUT2D eigenvalue weighted by Gasteiger charge is 2.17. The number of hydrogen-bond acceptors (Lipinski definition) is 4. The lowest BCUT2D eigenvalue weighted by atomic mass is 10.1. The Morgan fingerprint density at radius 1 is 0.939 bits per heavy atom. The van der Waals surface area contributed by atoms with Gasteiger partial charge in [-0.25, -0.2) is 8.42 Å². The number of halogens is 2. The molecule has 3 aromatic rings. The van der Waals surface area contributed by atoms with E-state index in [4.69, 9.17) is 23.2 Å². The molecule has 33 heavy (non-hydrogen) atoms. The lowest BCUT2D eigenvalue weighted by molar-refractivity contribution is 0.0956. The molecule has 0 saturated carbocycles. The molecule has 0 atom stereocenters. The number of nitrogens with zero attached hydrogens (tertiary/aromatic N) is 1. The van der Waals surface area contributed by atoms with Crippen LogP contribution in [0.1, 0.15) is 21.5 Å². The van der Waals surface area contributed by atoms with Crippen molar-refractivity contribution in [2.45, 2.75) is 12.3 Å². The third kappa shape index (κ3) is 7.67. The Balaban J connectivity index is 1.49. The number of thioether (sulfide) groups is 1. The van der Waals surface area contributed by atoms with E-state index in [0.717, 1.165) is 22.6 Å². The van der Waals surface area contributed by atoms with E-state index in [1.165, 1.54) is 10.6 Å². The molecule has 0 saturated heterocycles. The van der Waals surface area contributed by atoms with Crippen molar-refractivity contribution >= 4 is 56.6 Å². The number of rotatable bonds is 10. The highest BCUT2D eigenvalue weighted by Crippen LogP contribution is 2.24. The Kier molecular flexibility index (Phi) is 9.09. The van der Waals surface area contributed by atoms with Crippen molar-refractivity contribution in [2.75, 3.05) is 22.9 Å². The molecule has 0 aliphatic heterocycles. The molecule has 174 valence electrons. The molecular weight excluding hydrogens is 499 g/mol. The van der Waals surface area contributed by atoms with Gasteiger partial charge < -0.3 is 5.32 Å². The molecule has 1 N–H and O–H groups in total. The first-order valence-electron chi connectivity index (χ1n) is 10.2. The fourth-order valence-electron chi connectivity index (χ4n) is 3.08. The summed E-state index contributed by atoms with van der Waals surface area (Å²) in [6.07, 6.45) is 1.18. The number of sulfonamides is 1. The summed E-state index contributed by atoms with van der Waals surface area (Å²) in [7, 11) is -3.45. The van der Waals surface area contributed by atoms with Crippen molar-refractivity contribution in [1.29, 1.82) is 0 Å². The Hall–Kier alpha value is -2.19. The molecule has 5 nitrogen and oxygen atoms in total. The zero-order valence-electron chi connectivity index (χ0n) is 18.0. The number of hydrogen-bond donors (Lipinski definition) is 1. The van der Waals surface area contributed by atoms with Crippen molar-refractivity contribution in [3.05, 3.63) is 99.5 Å². The fourth-order valence-corrected chi connectivity index (χ4v) is 5.09. The SMILES string of the molecule is CS(=O)(=O)N(Cc1ccc(C(=O)NCCSCc2ccc(Cl)c(Cl)c2)cc1)c1ccccc1. The second-order valence-corrected chi connectivity index (χ2v) is 11.2. The van der Waals surface area contributed by atoms with Crippen LogP contribution in [0.15, 0.2) is 72.8 Å². The largest absolute Gasteiger partial charge is 0.351 e. The van der Waals surface area contributed by atoms with Gasteiger partial charge in [0.1, 0.15) is 0 Å². The summed E-state index contributed by atoms with van der Waals surface area (Å²) < 4.78 is 25.8. The molecule has 3 aromatic carbocycles. The van der Waals surface area contributed by atoms with Gasteiger partial charge in [-0.2, -0.15) is 11.8 Å². The molecule has 0 unspecified atom stereocenters. The summed E-state index contributed by atoms with van der Waals surface area (Å²) in [5.74, 6) is 1.36. The molecule has 0 radical (unpaired) electrons. The molecule has 0 heterocycles. The van der Waals surface area contributed by atoms with Crippen molar-refractivity contribution in [2.24, 2.45) is 0 Å². The predicted molar refractivity (Wildman–Crippen MR) is 139 cm³/mol. The second kappa shape index (κ2) is 11.8. The number of carbonyl (C=O) groups is 1. The summed E-state index contributed by atoms with van der Waals surface area (Å²) in [5, 5.41) is 3.97. The number of benzene rings is 3. The zero-order valence-corrected chi connectivity index (χ0v) is 21.1. The maximum atomic E-state index is 12.4. The van der Waals surface area contributed by atoms with Crippen LogP contribution in [0.2, 0.25) is 10.0 Å². The summed E-state index contributed by atoms with van der Waals surface area (Å²) >= 11 is 13.6. The summed E-state index contributed by atoms with van der Waals surface area (Å²) in [6, 6.07) is 21.5. The minimum Gasteiger partial charge on any atom is -0.351 e. The average molecular weight is 524 g/mol. The van der Waals surface area contributed by atoms with E-state index in [0.29, 0.717) is 27.8 Å². The van der Waals surface area contributed by atoms with Gasteiger partial charge >= 0.3 is 0 Å². The topological polar surface area (TPSA) is 66.5 Å². The maximum absolute atomic E-state index is 12.4. The van der Waals surface area contributed by atoms with Gasteiger partial charge in [-0.3, -0.25) is 9.10 Å². The zero-order chi connectivity index (χ0) is 23.8. The van der Waals surface area contributed by atoms with Crippen LogP contribution in [-0.2, 0) is 22.3 Å². The van der Waals surface area contributed by atoms with Crippen molar-refractivity contribution < 1.29 is 13.2 Å². The van der Waals surface area contributed by atoms with Gasteiger partial charge in [0, 0.05) is 23.6 Å². The normalized spacial score (nSPS) is 11.2. The maximum Gasteiger partial charge on any atom is 0.251 e. The standard InChI is InChI=1S/C24H24Cl2N2O3S2/c1-33(30,31)28(21-5-3-2-4-6-21)16-18-7-10-20(11-8-18)24(29)27-13-14-32-17-19-9-12-22(25)23(26)15-19/h2-12,15H,13-14,16-17H2,1H3,(H,27,29). The number of carbonyl (C=O) groups excluding carboxylic acids is 1. The third-order valence-corrected chi connectivity index (χ3v) is 7.68. The predicted octanol–water partition coefficient (Wildman–Crippen LogP) is 5.62. The molecule has 0 aromatic heterocycles. The van der Waals surface area contributed by atoms with E-state index in [9.17, 15) is 13.2 Å². The highest BCUT2D eigenvalue weighted by molar-refractivity contribution is 7.98. The van der Waals surface area contributed by atoms with Gasteiger partial charge in [-0.15, -0.1) is 0 Å². The van der Waals surface area contributed by atoms with Crippen LogP contribution in [0.4, 0.5) is 5.69 Å². The molecule has 9 heteroatoms. The lowest BCUT2D eigenvalue weighted by Crippen LogP contribution is -2.29. The van der Waals surface area contributed by atoms with Crippen molar-refractivity contribution in [3.63, 3.8) is 0 Å². The van der Waals surface area contributed by atoms with Crippen molar-refractivity contribution in [1.82, 2.24) is 5.32 Å². The van der Waals surface area contributed by atoms with Gasteiger partial charge in [0.15, 0.2) is 0 Å². The van der Waals surface area contributed by atoms with Gasteiger partial charge in [-0.05, 0) is 47.5 Å². The van der Waals surface area contributed by atoms with E-state index in [2.05, 4.69) is 5.32 Å². The van der Waals surface area contributed by atoms with Crippen LogP contribution < -0.4 is 9.62 Å². The fraction of sp³-hybridized carbons (Fsp3) is 0.208. The molecule has 0 aliphatic carbocycles. The number of nitrogens with one attached hydrogen (secondary N) is 1. The van der Waals surface area contributed by atoms with Crippen LogP contribution in [0.3, 0.4) is 0 Å². The first-order valence-corrected chi connectivity index (χ1v) is 13.9. The van der Waals surface area contributed by atoms with E-state index in [-0.39, 0.29) is 12.5 Å². The lowest BCUT2D eigenvalue weighted by Gasteiger charge is -2.22. The van der Waals surface area contributed by atoms with E-state index in [1.807, 2.05) is 18.2 Å². The minimum atomic E-state index is -3.45. The van der Waals surface area contributed by atoms with Gasteiger partial charge in [0.25, 0.3) is 5.91 Å². The van der Waals surface area contributed by atoms with Crippen LogP contribution >= 0.6 is 35.0 Å². The monoisotopic (exact) mass is 522 g/mol. The molecule has 3 rings (SSSR count). The van der Waals surface area contributed by atoms with Crippen LogP contribution in [0.25, 0.3) is 0 Å². The van der Waals surface area contributed by atoms with Gasteiger partial charge in [-0.1, -0.05) is 59.6 Å². The number of anilines is 1. The van der Waals surface area contributed by atoms with Crippen LogP contribution in [0, 0.1) is 0 Å². The molecule has 1 amide bonds. The van der Waals surface area contributed by atoms with E-state index < -0.39 is 10.0 Å². The number of para-hydroxylation sites is 1. The second-order valence-electron chi connectivity index (χ2n) is 7.36. The third-order valence-electron chi connectivity index (χ3n) is 4.77. The minimum absolute atomic E-state index is 0.167. The first kappa shape index (κ1) is 25.4. The van der Waals surface area contributed by atoms with E-state index >= 15 is 0 Å². The molecule has 0 aliphatic rings. The Morgan fingerprint density at radius 3 is 2.24 bits per heavy atom. The summed E-state index contributed by atoms with van der Waals surface area (Å²) in [5.41, 5.74) is 2.99. The quantitative estimate of drug-likeness (QED) is 0.350. The molecule has 0 bridgehead atoms. The number of amides is 1. The first-order chi connectivity index (χ1) is 15.7. The van der Waals surface area contributed by atoms with Gasteiger partial charge in [0.05, 0.1) is 28.5 Å². The van der Waals surface area contributed by atoms with Gasteiger partial charge in [0.2, 0.25) is 10.0 Å². The highest BCUT2D eigenvalue weighted by atomic mass is 35.5. The van der Waals surface area contributed by atoms with E-state index in [1.54, 1.807) is 66.4 Å². The average Bonchev–Trinajstić information content (AvgIpc) is 2.79. The summed E-state index contributed by atoms with van der Waals surface area (Å²) in [4.78, 5) is 12.4. The molecule has 0 fully saturated rings. The molecule has 0 spiro atoms. The van der Waals surface area contributed by atoms with Crippen molar-refractivity contribution in [3.8, 4) is 0 Å². The Labute approximate surface area is 209 Å².